The van der Waals surface area contributed by atoms with Crippen LogP contribution in [0.5, 0.6) is 0 Å². The molecular weight excluding hydrogens is 168 g/mol. The quantitative estimate of drug-likeness (QED) is 0.399. The van der Waals surface area contributed by atoms with E-state index in [0.717, 1.165) is 12.3 Å². The van der Waals surface area contributed by atoms with E-state index in [1.807, 2.05) is 0 Å². The fraction of sp³-hybridized carbons (Fsp3) is 0.714. The van der Waals surface area contributed by atoms with E-state index in [0.29, 0.717) is 0 Å². The Morgan fingerprint density at radius 2 is 1.57 bits per heavy atom. The van der Waals surface area contributed by atoms with Gasteiger partial charge < -0.3 is 0 Å². The summed E-state index contributed by atoms with van der Waals surface area (Å²) in [4.78, 5) is 0. The highest BCUT2D eigenvalue weighted by Gasteiger charge is 2.01. The molecule has 0 amide bonds. The van der Waals surface area contributed by atoms with E-state index in [-0.39, 0.29) is 0 Å². The van der Waals surface area contributed by atoms with Crippen LogP contribution in [0.2, 0.25) is 0 Å². The third-order valence-electron chi connectivity index (χ3n) is 2.93. The molecule has 0 heterocycles. The molecule has 0 radical (unpaired) electrons. The molecule has 0 atom stereocenters. The normalized spacial score (nSPS) is 16.4. The molecule has 0 spiro atoms. The molecule has 0 aromatic carbocycles. The number of allylic oxidation sites excluding steroid dienone is 4. The third-order valence-corrected chi connectivity index (χ3v) is 2.93. The van der Waals surface area contributed by atoms with Gasteiger partial charge in [-0.2, -0.15) is 0 Å². The van der Waals surface area contributed by atoms with Gasteiger partial charge in [0.1, 0.15) is 0 Å². The van der Waals surface area contributed by atoms with Crippen molar-refractivity contribution in [2.45, 2.75) is 58.3 Å². The van der Waals surface area contributed by atoms with Crippen molar-refractivity contribution in [3.63, 3.8) is 0 Å². The molecule has 0 N–H and O–H groups in total. The molecule has 14 heavy (non-hydrogen) atoms. The van der Waals surface area contributed by atoms with Crippen molar-refractivity contribution in [2.75, 3.05) is 0 Å². The van der Waals surface area contributed by atoms with Gasteiger partial charge in [-0.15, -0.1) is 0 Å². The molecule has 0 aromatic heterocycles. The first-order valence-electron chi connectivity index (χ1n) is 6.27. The monoisotopic (exact) mass is 192 g/mol. The van der Waals surface area contributed by atoms with Crippen LogP contribution in [0.25, 0.3) is 0 Å². The summed E-state index contributed by atoms with van der Waals surface area (Å²) in [6, 6.07) is 0. The van der Waals surface area contributed by atoms with Crippen molar-refractivity contribution < 1.29 is 0 Å². The lowest BCUT2D eigenvalue weighted by atomic mass is 9.96. The minimum Gasteiger partial charge on any atom is -0.0842 e. The van der Waals surface area contributed by atoms with Gasteiger partial charge in [0.15, 0.2) is 0 Å². The minimum absolute atomic E-state index is 0.745. The summed E-state index contributed by atoms with van der Waals surface area (Å²) in [5.41, 5.74) is 0. The molecular formula is C14H24. The van der Waals surface area contributed by atoms with Gasteiger partial charge in [0.25, 0.3) is 0 Å². The first kappa shape index (κ1) is 11.6. The molecule has 1 aliphatic rings. The van der Waals surface area contributed by atoms with Crippen LogP contribution in [0.4, 0.5) is 0 Å². The summed E-state index contributed by atoms with van der Waals surface area (Å²) in [5, 5.41) is 0. The van der Waals surface area contributed by atoms with Gasteiger partial charge in [0, 0.05) is 0 Å². The SMILES string of the molecule is CCCCCCCCC1C=CCC=C1. The molecule has 1 rings (SSSR count). The van der Waals surface area contributed by atoms with Crippen molar-refractivity contribution in [2.24, 2.45) is 5.92 Å². The second-order valence-corrected chi connectivity index (χ2v) is 4.31. The van der Waals surface area contributed by atoms with Crippen molar-refractivity contribution >= 4 is 0 Å². The fourth-order valence-corrected chi connectivity index (χ4v) is 2.00. The first-order valence-corrected chi connectivity index (χ1v) is 6.27. The van der Waals surface area contributed by atoms with Gasteiger partial charge in [-0.1, -0.05) is 69.8 Å². The number of hydrogen-bond acceptors (Lipinski definition) is 0. The predicted octanol–water partition coefficient (Wildman–Crippen LogP) is 4.87. The highest BCUT2D eigenvalue weighted by molar-refractivity contribution is 5.08. The summed E-state index contributed by atoms with van der Waals surface area (Å²) in [6.07, 6.45) is 20.3. The van der Waals surface area contributed by atoms with Gasteiger partial charge in [-0.25, -0.2) is 0 Å². The average Bonchev–Trinajstić information content (AvgIpc) is 2.25. The zero-order chi connectivity index (χ0) is 10.1. The Labute approximate surface area is 89.1 Å². The molecule has 1 aliphatic carbocycles. The van der Waals surface area contributed by atoms with Crippen LogP contribution in [-0.2, 0) is 0 Å². The van der Waals surface area contributed by atoms with Crippen LogP contribution in [0.1, 0.15) is 58.3 Å². The van der Waals surface area contributed by atoms with Crippen molar-refractivity contribution in [3.8, 4) is 0 Å². The van der Waals surface area contributed by atoms with E-state index >= 15 is 0 Å². The van der Waals surface area contributed by atoms with Crippen LogP contribution in [0.15, 0.2) is 24.3 Å². The highest BCUT2D eigenvalue weighted by Crippen LogP contribution is 2.17. The Morgan fingerprint density at radius 3 is 2.29 bits per heavy atom. The van der Waals surface area contributed by atoms with Crippen molar-refractivity contribution in [3.05, 3.63) is 24.3 Å². The standard InChI is InChI=1S/C14H24/c1-2-3-4-5-6-8-11-14-12-9-7-10-13-14/h9-10,12-14H,2-8,11H2,1H3. The molecule has 0 saturated carbocycles. The van der Waals surface area contributed by atoms with Crippen LogP contribution in [-0.4, -0.2) is 0 Å². The fourth-order valence-electron chi connectivity index (χ4n) is 2.00. The Balaban J connectivity index is 1.90. The van der Waals surface area contributed by atoms with Crippen LogP contribution < -0.4 is 0 Å². The first-order chi connectivity index (χ1) is 6.93. The van der Waals surface area contributed by atoms with Gasteiger partial charge >= 0.3 is 0 Å². The molecule has 0 nitrogen and oxygen atoms in total. The van der Waals surface area contributed by atoms with E-state index in [1.54, 1.807) is 0 Å². The van der Waals surface area contributed by atoms with Gasteiger partial charge in [-0.05, 0) is 18.8 Å². The van der Waals surface area contributed by atoms with E-state index in [9.17, 15) is 0 Å². The van der Waals surface area contributed by atoms with E-state index < -0.39 is 0 Å². The van der Waals surface area contributed by atoms with Crippen molar-refractivity contribution in [1.82, 2.24) is 0 Å². The number of hydrogen-bond donors (Lipinski definition) is 0. The lowest BCUT2D eigenvalue weighted by Crippen LogP contribution is -1.94. The van der Waals surface area contributed by atoms with E-state index in [1.165, 1.54) is 44.9 Å². The topological polar surface area (TPSA) is 0 Å². The molecule has 0 heteroatoms. The van der Waals surface area contributed by atoms with Gasteiger partial charge in [0.2, 0.25) is 0 Å². The third kappa shape index (κ3) is 5.26. The Hall–Kier alpha value is -0.520. The maximum atomic E-state index is 2.37. The Kier molecular flexibility index (Phi) is 6.47. The number of unbranched alkanes of at least 4 members (excludes halogenated alkanes) is 5. The lowest BCUT2D eigenvalue weighted by Gasteiger charge is -2.10. The molecule has 0 aliphatic heterocycles. The smallest absolute Gasteiger partial charge is 0.00533 e. The minimum atomic E-state index is 0.745. The second kappa shape index (κ2) is 7.84. The Bertz CT molecular complexity index is 164. The van der Waals surface area contributed by atoms with E-state index in [2.05, 4.69) is 31.2 Å². The van der Waals surface area contributed by atoms with Gasteiger partial charge in [0.05, 0.1) is 0 Å². The maximum Gasteiger partial charge on any atom is -0.00533 e. The maximum absolute atomic E-state index is 2.37. The molecule has 0 bridgehead atoms. The largest absolute Gasteiger partial charge is 0.0842 e. The summed E-state index contributed by atoms with van der Waals surface area (Å²) >= 11 is 0. The van der Waals surface area contributed by atoms with Gasteiger partial charge in [-0.3, -0.25) is 0 Å². The zero-order valence-corrected chi connectivity index (χ0v) is 9.54. The molecule has 0 fully saturated rings. The molecule has 0 unspecified atom stereocenters. The van der Waals surface area contributed by atoms with Crippen LogP contribution in [0.3, 0.4) is 0 Å². The molecule has 0 aromatic rings. The summed E-state index contributed by atoms with van der Waals surface area (Å²) in [6.45, 7) is 2.28. The average molecular weight is 192 g/mol. The summed E-state index contributed by atoms with van der Waals surface area (Å²) in [5.74, 6) is 0.745. The Morgan fingerprint density at radius 1 is 0.929 bits per heavy atom. The second-order valence-electron chi connectivity index (χ2n) is 4.31. The van der Waals surface area contributed by atoms with E-state index in [4.69, 9.17) is 0 Å². The lowest BCUT2D eigenvalue weighted by molar-refractivity contribution is 0.561. The van der Waals surface area contributed by atoms with Crippen molar-refractivity contribution in [1.29, 1.82) is 0 Å². The molecule has 0 saturated heterocycles. The summed E-state index contributed by atoms with van der Waals surface area (Å²) in [7, 11) is 0. The number of rotatable bonds is 7. The predicted molar refractivity (Wildman–Crippen MR) is 64.4 cm³/mol. The molecule has 80 valence electrons. The summed E-state index contributed by atoms with van der Waals surface area (Å²) < 4.78 is 0. The zero-order valence-electron chi connectivity index (χ0n) is 9.54. The van der Waals surface area contributed by atoms with Crippen LogP contribution >= 0.6 is 0 Å². The highest BCUT2D eigenvalue weighted by atomic mass is 14.1. The van der Waals surface area contributed by atoms with Crippen LogP contribution in [0, 0.1) is 5.92 Å².